The SMILES string of the molecule is CCCNCC1COCCN1c1cncc(OC)n1. The zero-order chi connectivity index (χ0) is 13.5. The van der Waals surface area contributed by atoms with Crippen LogP contribution in [0.5, 0.6) is 5.88 Å². The van der Waals surface area contributed by atoms with Crippen LogP contribution in [-0.4, -0.2) is 56.0 Å². The van der Waals surface area contributed by atoms with Crippen LogP contribution in [-0.2, 0) is 4.74 Å². The van der Waals surface area contributed by atoms with Crippen molar-refractivity contribution in [2.45, 2.75) is 19.4 Å². The fraction of sp³-hybridized carbons (Fsp3) is 0.692. The molecule has 1 aliphatic heterocycles. The van der Waals surface area contributed by atoms with Gasteiger partial charge in [-0.2, -0.15) is 4.98 Å². The minimum Gasteiger partial charge on any atom is -0.480 e. The number of aromatic nitrogens is 2. The van der Waals surface area contributed by atoms with E-state index in [1.165, 1.54) is 0 Å². The molecule has 2 heterocycles. The lowest BCUT2D eigenvalue weighted by atomic mass is 10.2. The summed E-state index contributed by atoms with van der Waals surface area (Å²) >= 11 is 0. The number of anilines is 1. The molecule has 1 aromatic rings. The van der Waals surface area contributed by atoms with Crippen molar-refractivity contribution >= 4 is 5.82 Å². The number of nitrogens with zero attached hydrogens (tertiary/aromatic N) is 3. The van der Waals surface area contributed by atoms with Gasteiger partial charge in [-0.1, -0.05) is 6.92 Å². The maximum atomic E-state index is 5.56. The van der Waals surface area contributed by atoms with Crippen molar-refractivity contribution in [1.29, 1.82) is 0 Å². The van der Waals surface area contributed by atoms with E-state index in [0.29, 0.717) is 11.9 Å². The maximum absolute atomic E-state index is 5.56. The highest BCUT2D eigenvalue weighted by Gasteiger charge is 2.24. The van der Waals surface area contributed by atoms with Gasteiger partial charge < -0.3 is 19.7 Å². The molecule has 0 amide bonds. The van der Waals surface area contributed by atoms with Crippen molar-refractivity contribution in [2.75, 3.05) is 44.9 Å². The van der Waals surface area contributed by atoms with Crippen LogP contribution in [0.25, 0.3) is 0 Å². The smallest absolute Gasteiger partial charge is 0.233 e. The van der Waals surface area contributed by atoms with Crippen LogP contribution in [0.3, 0.4) is 0 Å². The number of methoxy groups -OCH3 is 1. The highest BCUT2D eigenvalue weighted by atomic mass is 16.5. The summed E-state index contributed by atoms with van der Waals surface area (Å²) in [7, 11) is 1.60. The molecule has 0 spiro atoms. The van der Waals surface area contributed by atoms with Crippen LogP contribution in [0.15, 0.2) is 12.4 Å². The minimum absolute atomic E-state index is 0.293. The van der Waals surface area contributed by atoms with E-state index >= 15 is 0 Å². The standard InChI is InChI=1S/C13H22N4O2/c1-3-4-14-7-11-10-19-6-5-17(11)12-8-15-9-13(16-12)18-2/h8-9,11,14H,3-7,10H2,1-2H3. The summed E-state index contributed by atoms with van der Waals surface area (Å²) < 4.78 is 10.7. The molecular weight excluding hydrogens is 244 g/mol. The van der Waals surface area contributed by atoms with E-state index < -0.39 is 0 Å². The average molecular weight is 266 g/mol. The van der Waals surface area contributed by atoms with Crippen molar-refractivity contribution in [2.24, 2.45) is 0 Å². The lowest BCUT2D eigenvalue weighted by Crippen LogP contribution is -2.51. The average Bonchev–Trinajstić information content (AvgIpc) is 2.48. The zero-order valence-corrected chi connectivity index (χ0v) is 11.6. The Labute approximate surface area is 114 Å². The van der Waals surface area contributed by atoms with E-state index in [9.17, 15) is 0 Å². The van der Waals surface area contributed by atoms with Crippen molar-refractivity contribution in [1.82, 2.24) is 15.3 Å². The first-order chi connectivity index (χ1) is 9.35. The Hall–Kier alpha value is -1.40. The summed E-state index contributed by atoms with van der Waals surface area (Å²) in [6.07, 6.45) is 4.53. The van der Waals surface area contributed by atoms with Crippen LogP contribution >= 0.6 is 0 Å². The molecule has 2 rings (SSSR count). The summed E-state index contributed by atoms with van der Waals surface area (Å²) in [4.78, 5) is 10.9. The number of hydrogen-bond acceptors (Lipinski definition) is 6. The van der Waals surface area contributed by atoms with E-state index in [4.69, 9.17) is 9.47 Å². The van der Waals surface area contributed by atoms with E-state index in [2.05, 4.69) is 27.1 Å². The molecule has 19 heavy (non-hydrogen) atoms. The fourth-order valence-corrected chi connectivity index (χ4v) is 2.15. The normalized spacial score (nSPS) is 19.5. The fourth-order valence-electron chi connectivity index (χ4n) is 2.15. The minimum atomic E-state index is 0.293. The monoisotopic (exact) mass is 266 g/mol. The van der Waals surface area contributed by atoms with Crippen molar-refractivity contribution < 1.29 is 9.47 Å². The molecule has 1 saturated heterocycles. The third kappa shape index (κ3) is 3.78. The second-order valence-corrected chi connectivity index (χ2v) is 4.55. The Balaban J connectivity index is 2.05. The summed E-state index contributed by atoms with van der Waals surface area (Å²) in [5.41, 5.74) is 0. The summed E-state index contributed by atoms with van der Waals surface area (Å²) in [5, 5.41) is 3.43. The van der Waals surface area contributed by atoms with Gasteiger partial charge in [0.1, 0.15) is 0 Å². The lowest BCUT2D eigenvalue weighted by molar-refractivity contribution is 0.0933. The molecule has 6 nitrogen and oxygen atoms in total. The van der Waals surface area contributed by atoms with E-state index in [1.807, 2.05) is 0 Å². The van der Waals surface area contributed by atoms with Gasteiger partial charge in [-0.05, 0) is 13.0 Å². The summed E-state index contributed by atoms with van der Waals surface area (Å²) in [6.45, 7) is 6.36. The first-order valence-electron chi connectivity index (χ1n) is 6.76. The van der Waals surface area contributed by atoms with Gasteiger partial charge in [0, 0.05) is 13.1 Å². The Morgan fingerprint density at radius 1 is 1.53 bits per heavy atom. The van der Waals surface area contributed by atoms with E-state index in [-0.39, 0.29) is 0 Å². The number of rotatable bonds is 6. The summed E-state index contributed by atoms with van der Waals surface area (Å²) in [6, 6.07) is 0.293. The third-order valence-electron chi connectivity index (χ3n) is 3.14. The molecule has 1 unspecified atom stereocenters. The van der Waals surface area contributed by atoms with Crippen LogP contribution in [0, 0.1) is 0 Å². The Bertz CT molecular complexity index is 389. The van der Waals surface area contributed by atoms with Crippen LogP contribution < -0.4 is 15.0 Å². The predicted molar refractivity (Wildman–Crippen MR) is 73.7 cm³/mol. The summed E-state index contributed by atoms with van der Waals surface area (Å²) in [5.74, 6) is 1.40. The maximum Gasteiger partial charge on any atom is 0.233 e. The number of ether oxygens (including phenoxy) is 2. The molecule has 0 saturated carbocycles. The van der Waals surface area contributed by atoms with Crippen LogP contribution in [0.1, 0.15) is 13.3 Å². The topological polar surface area (TPSA) is 59.5 Å². The van der Waals surface area contributed by atoms with Gasteiger partial charge in [-0.15, -0.1) is 0 Å². The predicted octanol–water partition coefficient (Wildman–Crippen LogP) is 0.690. The van der Waals surface area contributed by atoms with Crippen molar-refractivity contribution in [3.63, 3.8) is 0 Å². The van der Waals surface area contributed by atoms with Crippen LogP contribution in [0.4, 0.5) is 5.82 Å². The van der Waals surface area contributed by atoms with Gasteiger partial charge in [0.25, 0.3) is 0 Å². The molecule has 1 aromatic heterocycles. The third-order valence-corrected chi connectivity index (χ3v) is 3.14. The van der Waals surface area contributed by atoms with Gasteiger partial charge in [0.2, 0.25) is 5.88 Å². The highest BCUT2D eigenvalue weighted by molar-refractivity contribution is 5.39. The van der Waals surface area contributed by atoms with Crippen molar-refractivity contribution in [3.05, 3.63) is 12.4 Å². The number of morpholine rings is 1. The Morgan fingerprint density at radius 2 is 2.42 bits per heavy atom. The first kappa shape index (κ1) is 14.0. The molecule has 0 bridgehead atoms. The van der Waals surface area contributed by atoms with E-state index in [0.717, 1.165) is 45.1 Å². The van der Waals surface area contributed by atoms with Crippen molar-refractivity contribution in [3.8, 4) is 5.88 Å². The van der Waals surface area contributed by atoms with Crippen LogP contribution in [0.2, 0.25) is 0 Å². The van der Waals surface area contributed by atoms with Gasteiger partial charge in [-0.3, -0.25) is 4.98 Å². The quantitative estimate of drug-likeness (QED) is 0.765. The second-order valence-electron chi connectivity index (χ2n) is 4.55. The van der Waals surface area contributed by atoms with Gasteiger partial charge in [0.05, 0.1) is 38.8 Å². The molecule has 1 N–H and O–H groups in total. The lowest BCUT2D eigenvalue weighted by Gasteiger charge is -2.36. The van der Waals surface area contributed by atoms with Gasteiger partial charge >= 0.3 is 0 Å². The number of nitrogens with one attached hydrogen (secondary N) is 1. The zero-order valence-electron chi connectivity index (χ0n) is 11.6. The second kappa shape index (κ2) is 7.25. The number of hydrogen-bond donors (Lipinski definition) is 1. The molecule has 1 aliphatic rings. The molecule has 1 atom stereocenters. The molecular formula is C13H22N4O2. The molecule has 106 valence electrons. The molecule has 6 heteroatoms. The van der Waals surface area contributed by atoms with E-state index in [1.54, 1.807) is 19.5 Å². The Kier molecular flexibility index (Phi) is 5.35. The molecule has 0 aliphatic carbocycles. The molecule has 1 fully saturated rings. The highest BCUT2D eigenvalue weighted by Crippen LogP contribution is 2.18. The molecule has 0 aromatic carbocycles. The molecule has 0 radical (unpaired) electrons. The van der Waals surface area contributed by atoms with Gasteiger partial charge in [-0.25, -0.2) is 0 Å². The van der Waals surface area contributed by atoms with Gasteiger partial charge in [0.15, 0.2) is 5.82 Å². The Morgan fingerprint density at radius 3 is 3.21 bits per heavy atom. The largest absolute Gasteiger partial charge is 0.480 e. The first-order valence-corrected chi connectivity index (χ1v) is 6.76.